The Morgan fingerprint density at radius 1 is 0.944 bits per heavy atom. The van der Waals surface area contributed by atoms with Crippen molar-refractivity contribution in [1.82, 2.24) is 0 Å². The van der Waals surface area contributed by atoms with Crippen molar-refractivity contribution in [3.63, 3.8) is 0 Å². The van der Waals surface area contributed by atoms with Gasteiger partial charge in [-0.25, -0.2) is 0 Å². The van der Waals surface area contributed by atoms with Crippen molar-refractivity contribution >= 4 is 14.0 Å². The van der Waals surface area contributed by atoms with Gasteiger partial charge in [-0.1, -0.05) is 30.3 Å². The summed E-state index contributed by atoms with van der Waals surface area (Å²) in [6.45, 7) is 11.2. The van der Waals surface area contributed by atoms with Gasteiger partial charge in [0.15, 0.2) is 0 Å². The van der Waals surface area contributed by atoms with Crippen LogP contribution in [0.1, 0.15) is 34.6 Å². The van der Waals surface area contributed by atoms with E-state index in [1.54, 1.807) is 0 Å². The fourth-order valence-corrected chi connectivity index (χ4v) is 4.57. The second-order valence-corrected chi connectivity index (χ2v) is 7.47. The van der Waals surface area contributed by atoms with E-state index in [2.05, 4.69) is 0 Å². The van der Waals surface area contributed by atoms with Crippen molar-refractivity contribution in [1.29, 1.82) is 0 Å². The van der Waals surface area contributed by atoms with Crippen LogP contribution in [0.2, 0.25) is 0 Å². The maximum absolute atomic E-state index is 6.19. The van der Waals surface area contributed by atoms with Gasteiger partial charge in [0.25, 0.3) is 0 Å². The Bertz CT molecular complexity index is 340. The van der Waals surface area contributed by atoms with Crippen LogP contribution in [0.25, 0.3) is 0 Å². The normalized spacial score (nSPS) is 12.7. The molecule has 0 fully saturated rings. The molecular weight excluding hydrogens is 244 g/mol. The van der Waals surface area contributed by atoms with Crippen LogP contribution in [0.5, 0.6) is 0 Å². The summed E-state index contributed by atoms with van der Waals surface area (Å²) < 4.78 is 18.0. The van der Waals surface area contributed by atoms with E-state index in [0.717, 1.165) is 5.19 Å². The molecule has 0 aromatic heterocycles. The summed E-state index contributed by atoms with van der Waals surface area (Å²) in [5.74, 6) is 0. The first-order valence-corrected chi connectivity index (χ1v) is 8.19. The highest BCUT2D eigenvalue weighted by Crippen LogP contribution is 2.19. The molecular formula is C14H24O3Si. The Morgan fingerprint density at radius 3 is 1.83 bits per heavy atom. The van der Waals surface area contributed by atoms with Gasteiger partial charge in [0.2, 0.25) is 0 Å². The van der Waals surface area contributed by atoms with Gasteiger partial charge in [-0.05, 0) is 34.6 Å². The third-order valence-electron chi connectivity index (χ3n) is 2.24. The summed E-state index contributed by atoms with van der Waals surface area (Å²) in [5, 5.41) is 1.02. The van der Waals surface area contributed by atoms with Gasteiger partial charge in [-0.15, -0.1) is 0 Å². The third kappa shape index (κ3) is 4.21. The summed E-state index contributed by atoms with van der Waals surface area (Å²) in [5.41, 5.74) is -0.299. The van der Waals surface area contributed by atoms with E-state index >= 15 is 0 Å². The van der Waals surface area contributed by atoms with E-state index in [-0.39, 0.29) is 5.60 Å². The van der Waals surface area contributed by atoms with Gasteiger partial charge in [0, 0.05) is 18.4 Å². The molecule has 4 heteroatoms. The van der Waals surface area contributed by atoms with Gasteiger partial charge in [-0.2, -0.15) is 0 Å². The lowest BCUT2D eigenvalue weighted by Crippen LogP contribution is -2.59. The standard InChI is InChI=1S/C14H24O3Si/c1-6-15-18(16-7-2,17-14(3,4)5)13-11-9-8-10-12-13/h8-12H,6-7H2,1-5H3. The van der Waals surface area contributed by atoms with Crippen molar-refractivity contribution < 1.29 is 13.3 Å². The summed E-state index contributed by atoms with van der Waals surface area (Å²) in [6.07, 6.45) is 0. The molecule has 0 spiro atoms. The molecule has 0 aliphatic heterocycles. The molecule has 0 saturated carbocycles. The van der Waals surface area contributed by atoms with Gasteiger partial charge in [-0.3, -0.25) is 0 Å². The lowest BCUT2D eigenvalue weighted by molar-refractivity contribution is 0.0105. The van der Waals surface area contributed by atoms with Crippen molar-refractivity contribution in [2.75, 3.05) is 13.2 Å². The second-order valence-electron chi connectivity index (χ2n) is 5.00. The Balaban J connectivity index is 3.12. The van der Waals surface area contributed by atoms with Crippen molar-refractivity contribution in [3.8, 4) is 0 Å². The number of rotatable bonds is 6. The minimum atomic E-state index is -2.81. The fraction of sp³-hybridized carbons (Fsp3) is 0.571. The van der Waals surface area contributed by atoms with Gasteiger partial charge in [0.1, 0.15) is 0 Å². The molecule has 0 amide bonds. The lowest BCUT2D eigenvalue weighted by Gasteiger charge is -2.35. The molecule has 3 nitrogen and oxygen atoms in total. The van der Waals surface area contributed by atoms with Gasteiger partial charge in [0.05, 0.1) is 5.60 Å². The molecule has 0 unspecified atom stereocenters. The van der Waals surface area contributed by atoms with Gasteiger partial charge < -0.3 is 13.3 Å². The molecule has 0 heterocycles. The number of benzene rings is 1. The summed E-state index contributed by atoms with van der Waals surface area (Å²) in [7, 11) is -2.81. The van der Waals surface area contributed by atoms with Crippen LogP contribution in [-0.2, 0) is 13.3 Å². The first kappa shape index (κ1) is 15.4. The zero-order chi connectivity index (χ0) is 13.6. The first-order valence-electron chi connectivity index (χ1n) is 6.47. The molecule has 0 N–H and O–H groups in total. The molecule has 0 saturated heterocycles. The molecule has 1 aromatic carbocycles. The molecule has 0 atom stereocenters. The minimum absolute atomic E-state index is 0.299. The van der Waals surface area contributed by atoms with Crippen LogP contribution in [0, 0.1) is 0 Å². The molecule has 0 bridgehead atoms. The van der Waals surface area contributed by atoms with Crippen molar-refractivity contribution in [2.45, 2.75) is 40.2 Å². The maximum Gasteiger partial charge on any atom is 0.537 e. The van der Waals surface area contributed by atoms with Crippen molar-refractivity contribution in [3.05, 3.63) is 30.3 Å². The Labute approximate surface area is 111 Å². The Hall–Kier alpha value is -0.683. The fourth-order valence-electron chi connectivity index (χ4n) is 1.75. The second kappa shape index (κ2) is 6.47. The SMILES string of the molecule is CCO[Si](OCC)(OC(C)(C)C)c1ccccc1. The Kier molecular flexibility index (Phi) is 5.53. The molecule has 0 aliphatic rings. The lowest BCUT2D eigenvalue weighted by atomic mass is 10.2. The first-order chi connectivity index (χ1) is 8.43. The third-order valence-corrected chi connectivity index (χ3v) is 5.50. The van der Waals surface area contributed by atoms with Crippen LogP contribution >= 0.6 is 0 Å². The zero-order valence-corrected chi connectivity index (χ0v) is 13.0. The van der Waals surface area contributed by atoms with E-state index in [0.29, 0.717) is 13.2 Å². The molecule has 1 rings (SSSR count). The average molecular weight is 268 g/mol. The van der Waals surface area contributed by atoms with E-state index in [9.17, 15) is 0 Å². The van der Waals surface area contributed by atoms with Crippen molar-refractivity contribution in [2.24, 2.45) is 0 Å². The molecule has 0 radical (unpaired) electrons. The number of hydrogen-bond acceptors (Lipinski definition) is 3. The van der Waals surface area contributed by atoms with E-state index in [1.807, 2.05) is 65.0 Å². The zero-order valence-electron chi connectivity index (χ0n) is 12.0. The molecule has 1 aromatic rings. The summed E-state index contributed by atoms with van der Waals surface area (Å²) >= 11 is 0. The Morgan fingerprint density at radius 2 is 1.44 bits per heavy atom. The quantitative estimate of drug-likeness (QED) is 0.743. The maximum atomic E-state index is 6.19. The monoisotopic (exact) mass is 268 g/mol. The smallest absolute Gasteiger partial charge is 0.370 e. The molecule has 18 heavy (non-hydrogen) atoms. The topological polar surface area (TPSA) is 27.7 Å². The van der Waals surface area contributed by atoms with Crippen LogP contribution in [0.4, 0.5) is 0 Å². The number of hydrogen-bond donors (Lipinski definition) is 0. The van der Waals surface area contributed by atoms with Gasteiger partial charge >= 0.3 is 8.80 Å². The average Bonchev–Trinajstić information content (AvgIpc) is 2.28. The highest BCUT2D eigenvalue weighted by atomic mass is 28.4. The predicted molar refractivity (Wildman–Crippen MR) is 75.9 cm³/mol. The molecule has 0 aliphatic carbocycles. The predicted octanol–water partition coefficient (Wildman–Crippen LogP) is 2.72. The van der Waals surface area contributed by atoms with E-state index in [4.69, 9.17) is 13.3 Å². The van der Waals surface area contributed by atoms with E-state index < -0.39 is 8.80 Å². The molecule has 102 valence electrons. The summed E-state index contributed by atoms with van der Waals surface area (Å²) in [4.78, 5) is 0. The van der Waals surface area contributed by atoms with Crippen LogP contribution in [-0.4, -0.2) is 27.6 Å². The van der Waals surface area contributed by atoms with Crippen LogP contribution in [0.3, 0.4) is 0 Å². The highest BCUT2D eigenvalue weighted by Gasteiger charge is 2.46. The summed E-state index contributed by atoms with van der Waals surface area (Å²) in [6, 6.07) is 9.99. The minimum Gasteiger partial charge on any atom is -0.370 e. The largest absolute Gasteiger partial charge is 0.537 e. The van der Waals surface area contributed by atoms with Crippen LogP contribution < -0.4 is 5.19 Å². The van der Waals surface area contributed by atoms with E-state index in [1.165, 1.54) is 0 Å². The van der Waals surface area contributed by atoms with Crippen LogP contribution in [0.15, 0.2) is 30.3 Å². The highest BCUT2D eigenvalue weighted by molar-refractivity contribution is 6.75.